The summed E-state index contributed by atoms with van der Waals surface area (Å²) in [5.41, 5.74) is 0.0671. The Hall–Kier alpha value is -1.56. The molecule has 2 heterocycles. The van der Waals surface area contributed by atoms with Crippen LogP contribution in [-0.2, 0) is 4.74 Å². The molecule has 78 valence electrons. The number of fused-ring (bicyclic) bond motifs is 1. The van der Waals surface area contributed by atoms with E-state index in [1.54, 1.807) is 6.07 Å². The molecule has 0 spiro atoms. The van der Waals surface area contributed by atoms with E-state index in [-0.39, 0.29) is 11.1 Å². The molecule has 0 bridgehead atoms. The lowest BCUT2D eigenvalue weighted by molar-refractivity contribution is 0.0599. The van der Waals surface area contributed by atoms with E-state index in [0.717, 1.165) is 0 Å². The summed E-state index contributed by atoms with van der Waals surface area (Å²) in [6.07, 6.45) is 1.30. The Morgan fingerprint density at radius 3 is 3.00 bits per heavy atom. The minimum Gasteiger partial charge on any atom is -0.465 e. The molecular weight excluding hydrogens is 266 g/mol. The summed E-state index contributed by atoms with van der Waals surface area (Å²) in [4.78, 5) is 25.7. The Kier molecular flexibility index (Phi) is 2.36. The number of methoxy groups -OCH3 is 1. The quantitative estimate of drug-likeness (QED) is 0.801. The molecule has 0 aliphatic rings. The van der Waals surface area contributed by atoms with Crippen LogP contribution >= 0.6 is 15.9 Å². The molecule has 0 fully saturated rings. The van der Waals surface area contributed by atoms with Gasteiger partial charge in [-0.25, -0.2) is 4.79 Å². The number of esters is 1. The van der Waals surface area contributed by atoms with Crippen LogP contribution in [0.25, 0.3) is 11.1 Å². The summed E-state index contributed by atoms with van der Waals surface area (Å²) in [5.74, 6) is -0.689. The summed E-state index contributed by atoms with van der Waals surface area (Å²) in [6, 6.07) is 1.61. The molecule has 6 heteroatoms. The molecule has 0 aliphatic heterocycles. The van der Waals surface area contributed by atoms with Crippen LogP contribution in [0.4, 0.5) is 0 Å². The van der Waals surface area contributed by atoms with Gasteiger partial charge in [-0.15, -0.1) is 0 Å². The Morgan fingerprint density at radius 1 is 1.60 bits per heavy atom. The molecule has 2 aromatic heterocycles. The van der Waals surface area contributed by atoms with Gasteiger partial charge in [0.25, 0.3) is 0 Å². The molecule has 0 saturated heterocycles. The van der Waals surface area contributed by atoms with Crippen molar-refractivity contribution in [3.05, 3.63) is 32.7 Å². The maximum atomic E-state index is 11.7. The third-order valence-electron chi connectivity index (χ3n) is 1.93. The standard InChI is InChI=1S/C9H6BrNO4/c1-14-9(13)4-3-11-5-2-6(10)15-8(5)7(4)12/h2-3H,1H3,(H,11,12). The average Bonchev–Trinajstić information content (AvgIpc) is 2.59. The van der Waals surface area contributed by atoms with Crippen molar-refractivity contribution in [2.45, 2.75) is 0 Å². The van der Waals surface area contributed by atoms with Gasteiger partial charge in [0, 0.05) is 12.3 Å². The van der Waals surface area contributed by atoms with Gasteiger partial charge in [-0.3, -0.25) is 4.79 Å². The fraction of sp³-hybridized carbons (Fsp3) is 0.111. The fourth-order valence-corrected chi connectivity index (χ4v) is 1.63. The van der Waals surface area contributed by atoms with E-state index in [9.17, 15) is 9.59 Å². The molecule has 15 heavy (non-hydrogen) atoms. The van der Waals surface area contributed by atoms with Crippen molar-refractivity contribution in [3.63, 3.8) is 0 Å². The van der Waals surface area contributed by atoms with E-state index in [0.29, 0.717) is 10.2 Å². The van der Waals surface area contributed by atoms with Crippen LogP contribution in [0.3, 0.4) is 0 Å². The predicted octanol–water partition coefficient (Wildman–Crippen LogP) is 1.67. The first-order valence-electron chi connectivity index (χ1n) is 4.02. The highest BCUT2D eigenvalue weighted by Crippen LogP contribution is 2.19. The third kappa shape index (κ3) is 1.56. The molecule has 2 aromatic rings. The van der Waals surface area contributed by atoms with Crippen LogP contribution < -0.4 is 5.43 Å². The average molecular weight is 272 g/mol. The van der Waals surface area contributed by atoms with E-state index in [1.165, 1.54) is 13.3 Å². The molecule has 0 amide bonds. The number of ether oxygens (including phenoxy) is 1. The first-order chi connectivity index (χ1) is 7.13. The van der Waals surface area contributed by atoms with E-state index in [2.05, 4.69) is 25.7 Å². The summed E-state index contributed by atoms with van der Waals surface area (Å²) in [7, 11) is 1.21. The second kappa shape index (κ2) is 3.54. The van der Waals surface area contributed by atoms with Gasteiger partial charge in [0.1, 0.15) is 5.56 Å². The first kappa shape index (κ1) is 9.97. The zero-order chi connectivity index (χ0) is 11.0. The third-order valence-corrected chi connectivity index (χ3v) is 2.32. The van der Waals surface area contributed by atoms with E-state index in [4.69, 9.17) is 4.42 Å². The van der Waals surface area contributed by atoms with Crippen molar-refractivity contribution in [2.75, 3.05) is 7.11 Å². The number of halogens is 1. The molecule has 2 rings (SSSR count). The molecular formula is C9H6BrNO4. The van der Waals surface area contributed by atoms with Crippen molar-refractivity contribution in [2.24, 2.45) is 0 Å². The van der Waals surface area contributed by atoms with Gasteiger partial charge < -0.3 is 14.1 Å². The van der Waals surface area contributed by atoms with Gasteiger partial charge in [-0.05, 0) is 15.9 Å². The Morgan fingerprint density at radius 2 is 2.33 bits per heavy atom. The van der Waals surface area contributed by atoms with Gasteiger partial charge in [-0.2, -0.15) is 0 Å². The Bertz CT molecular complexity index is 583. The summed E-state index contributed by atoms with van der Waals surface area (Å²) < 4.78 is 9.98. The zero-order valence-corrected chi connectivity index (χ0v) is 9.25. The van der Waals surface area contributed by atoms with Crippen LogP contribution in [0.5, 0.6) is 0 Å². The molecule has 0 atom stereocenters. The normalized spacial score (nSPS) is 10.5. The zero-order valence-electron chi connectivity index (χ0n) is 7.67. The topological polar surface area (TPSA) is 72.3 Å². The Balaban J connectivity index is 2.75. The van der Waals surface area contributed by atoms with Crippen LogP contribution in [0.2, 0.25) is 0 Å². The number of H-pyrrole nitrogens is 1. The number of rotatable bonds is 1. The lowest BCUT2D eigenvalue weighted by Crippen LogP contribution is -2.16. The van der Waals surface area contributed by atoms with Crippen molar-refractivity contribution in [1.82, 2.24) is 4.98 Å². The minimum atomic E-state index is -0.689. The fourth-order valence-electron chi connectivity index (χ4n) is 1.24. The maximum absolute atomic E-state index is 11.7. The number of hydrogen-bond donors (Lipinski definition) is 1. The molecule has 0 radical (unpaired) electrons. The second-order valence-corrected chi connectivity index (χ2v) is 3.60. The highest BCUT2D eigenvalue weighted by molar-refractivity contribution is 9.10. The number of pyridine rings is 1. The molecule has 1 N–H and O–H groups in total. The van der Waals surface area contributed by atoms with Gasteiger partial charge in [-0.1, -0.05) is 0 Å². The number of carbonyl (C=O) groups excluding carboxylic acids is 1. The number of aromatic nitrogens is 1. The number of carbonyl (C=O) groups is 1. The highest BCUT2D eigenvalue weighted by atomic mass is 79.9. The van der Waals surface area contributed by atoms with E-state index in [1.807, 2.05) is 0 Å². The van der Waals surface area contributed by atoms with Gasteiger partial charge in [0.05, 0.1) is 12.6 Å². The number of furan rings is 1. The largest absolute Gasteiger partial charge is 0.465 e. The molecule has 5 nitrogen and oxygen atoms in total. The van der Waals surface area contributed by atoms with Crippen molar-refractivity contribution < 1.29 is 13.9 Å². The smallest absolute Gasteiger partial charge is 0.343 e. The monoisotopic (exact) mass is 271 g/mol. The number of nitrogens with one attached hydrogen (secondary N) is 1. The molecule has 0 unspecified atom stereocenters. The van der Waals surface area contributed by atoms with E-state index < -0.39 is 11.4 Å². The highest BCUT2D eigenvalue weighted by Gasteiger charge is 2.15. The molecule has 0 saturated carbocycles. The van der Waals surface area contributed by atoms with Gasteiger partial charge in [0.2, 0.25) is 5.43 Å². The van der Waals surface area contributed by atoms with Crippen molar-refractivity contribution in [3.8, 4) is 0 Å². The van der Waals surface area contributed by atoms with Crippen molar-refractivity contribution in [1.29, 1.82) is 0 Å². The first-order valence-corrected chi connectivity index (χ1v) is 4.82. The van der Waals surface area contributed by atoms with Crippen LogP contribution in [0.15, 0.2) is 26.1 Å². The SMILES string of the molecule is COC(=O)c1c[nH]c2cc(Br)oc2c1=O. The lowest BCUT2D eigenvalue weighted by atomic mass is 10.2. The van der Waals surface area contributed by atoms with Crippen molar-refractivity contribution >= 4 is 33.0 Å². The molecule has 0 aliphatic carbocycles. The number of aromatic amines is 1. The minimum absolute atomic E-state index is 0.0770. The van der Waals surface area contributed by atoms with Crippen LogP contribution in [-0.4, -0.2) is 18.1 Å². The molecule has 0 aromatic carbocycles. The summed E-state index contributed by atoms with van der Waals surface area (Å²) >= 11 is 3.10. The summed E-state index contributed by atoms with van der Waals surface area (Å²) in [6.45, 7) is 0. The Labute approximate surface area is 92.2 Å². The van der Waals surface area contributed by atoms with E-state index >= 15 is 0 Å². The summed E-state index contributed by atoms with van der Waals surface area (Å²) in [5, 5.41) is 0. The predicted molar refractivity (Wildman–Crippen MR) is 55.9 cm³/mol. The lowest BCUT2D eigenvalue weighted by Gasteiger charge is -1.96. The maximum Gasteiger partial charge on any atom is 0.343 e. The van der Waals surface area contributed by atoms with Crippen LogP contribution in [0.1, 0.15) is 10.4 Å². The van der Waals surface area contributed by atoms with Crippen LogP contribution in [0, 0.1) is 0 Å². The second-order valence-electron chi connectivity index (χ2n) is 2.82. The van der Waals surface area contributed by atoms with Gasteiger partial charge >= 0.3 is 5.97 Å². The van der Waals surface area contributed by atoms with Gasteiger partial charge in [0.15, 0.2) is 10.3 Å². The number of hydrogen-bond acceptors (Lipinski definition) is 4.